The van der Waals surface area contributed by atoms with Crippen LogP contribution in [0.1, 0.15) is 45.2 Å². The normalized spacial score (nSPS) is 26.5. The molecule has 1 heterocycles. The maximum Gasteiger partial charge on any atom is 0.123 e. The largest absolute Gasteiger partial charge is 0.376 e. The lowest BCUT2D eigenvalue weighted by atomic mass is 9.93. The minimum absolute atomic E-state index is 0.0369. The van der Waals surface area contributed by atoms with Crippen LogP contribution < -0.4 is 5.73 Å². The van der Waals surface area contributed by atoms with Crippen molar-refractivity contribution in [1.82, 2.24) is 4.90 Å². The number of hydrogen-bond donors (Lipinski definition) is 1. The van der Waals surface area contributed by atoms with E-state index in [1.165, 1.54) is 12.1 Å². The second-order valence-electron chi connectivity index (χ2n) is 5.97. The van der Waals surface area contributed by atoms with Crippen molar-refractivity contribution in [3.05, 3.63) is 35.6 Å². The van der Waals surface area contributed by atoms with Gasteiger partial charge in [-0.3, -0.25) is 4.90 Å². The molecular weight excluding hydrogens is 267 g/mol. The van der Waals surface area contributed by atoms with Gasteiger partial charge in [0.2, 0.25) is 0 Å². The molecule has 4 unspecified atom stereocenters. The molecule has 0 radical (unpaired) electrons. The summed E-state index contributed by atoms with van der Waals surface area (Å²) in [7, 11) is 0. The summed E-state index contributed by atoms with van der Waals surface area (Å²) in [4.78, 5) is 2.45. The number of rotatable bonds is 5. The van der Waals surface area contributed by atoms with Gasteiger partial charge in [0.25, 0.3) is 0 Å². The van der Waals surface area contributed by atoms with Gasteiger partial charge in [0, 0.05) is 18.6 Å². The predicted octanol–water partition coefficient (Wildman–Crippen LogP) is 3.10. The number of hydrogen-bond acceptors (Lipinski definition) is 3. The number of nitrogens with two attached hydrogens (primary N) is 1. The molecule has 0 spiro atoms. The molecule has 1 aromatic rings. The molecule has 21 heavy (non-hydrogen) atoms. The molecule has 4 heteroatoms. The molecule has 0 saturated carbocycles. The standard InChI is InChI=1S/C17H27FN2O/c1-4-15-11-21-12(3)10-20(15)17(16(19)5-2)13-6-8-14(18)9-7-13/h6-9,12,15-17H,4-5,10-11,19H2,1-3H3. The molecule has 1 aliphatic rings. The highest BCUT2D eigenvalue weighted by Crippen LogP contribution is 2.31. The van der Waals surface area contributed by atoms with Crippen LogP contribution in [-0.2, 0) is 4.74 Å². The summed E-state index contributed by atoms with van der Waals surface area (Å²) < 4.78 is 19.0. The molecule has 1 aliphatic heterocycles. The zero-order chi connectivity index (χ0) is 15.4. The Morgan fingerprint density at radius 2 is 2.00 bits per heavy atom. The first-order chi connectivity index (χ1) is 10.1. The fourth-order valence-electron chi connectivity index (χ4n) is 3.13. The van der Waals surface area contributed by atoms with E-state index in [9.17, 15) is 4.39 Å². The summed E-state index contributed by atoms with van der Waals surface area (Å²) in [5.74, 6) is -0.204. The van der Waals surface area contributed by atoms with Crippen LogP contribution in [0.25, 0.3) is 0 Å². The SMILES string of the molecule is CCC(N)C(c1ccc(F)cc1)N1CC(C)OCC1CC. The van der Waals surface area contributed by atoms with Gasteiger partial charge in [0.05, 0.1) is 18.8 Å². The van der Waals surface area contributed by atoms with Crippen molar-refractivity contribution in [2.75, 3.05) is 13.2 Å². The highest BCUT2D eigenvalue weighted by molar-refractivity contribution is 5.22. The third-order valence-electron chi connectivity index (χ3n) is 4.43. The van der Waals surface area contributed by atoms with Gasteiger partial charge >= 0.3 is 0 Å². The molecule has 4 atom stereocenters. The first-order valence-corrected chi connectivity index (χ1v) is 7.95. The lowest BCUT2D eigenvalue weighted by Crippen LogP contribution is -2.53. The van der Waals surface area contributed by atoms with E-state index in [1.807, 2.05) is 12.1 Å². The van der Waals surface area contributed by atoms with Gasteiger partial charge in [0.15, 0.2) is 0 Å². The van der Waals surface area contributed by atoms with E-state index in [0.717, 1.165) is 31.6 Å². The summed E-state index contributed by atoms with van der Waals surface area (Å²) in [5, 5.41) is 0. The molecule has 1 fully saturated rings. The molecular formula is C17H27FN2O. The number of ether oxygens (including phenoxy) is 1. The van der Waals surface area contributed by atoms with E-state index in [4.69, 9.17) is 10.5 Å². The second-order valence-corrected chi connectivity index (χ2v) is 5.97. The minimum atomic E-state index is -0.204. The molecule has 1 aromatic carbocycles. The number of halogens is 1. The van der Waals surface area contributed by atoms with Gasteiger partial charge in [-0.1, -0.05) is 26.0 Å². The monoisotopic (exact) mass is 294 g/mol. The average Bonchev–Trinajstić information content (AvgIpc) is 2.49. The van der Waals surface area contributed by atoms with E-state index in [2.05, 4.69) is 25.7 Å². The Balaban J connectivity index is 2.31. The summed E-state index contributed by atoms with van der Waals surface area (Å²) in [5.41, 5.74) is 7.50. The van der Waals surface area contributed by atoms with Crippen LogP contribution in [0.15, 0.2) is 24.3 Å². The lowest BCUT2D eigenvalue weighted by Gasteiger charge is -2.45. The summed E-state index contributed by atoms with van der Waals surface area (Å²) in [6.45, 7) is 7.99. The van der Waals surface area contributed by atoms with Gasteiger partial charge in [-0.05, 0) is 37.5 Å². The molecule has 0 amide bonds. The average molecular weight is 294 g/mol. The molecule has 2 N–H and O–H groups in total. The van der Waals surface area contributed by atoms with E-state index in [0.29, 0.717) is 6.04 Å². The zero-order valence-electron chi connectivity index (χ0n) is 13.3. The van der Waals surface area contributed by atoms with Crippen molar-refractivity contribution in [2.24, 2.45) is 5.73 Å². The third-order valence-corrected chi connectivity index (χ3v) is 4.43. The van der Waals surface area contributed by atoms with Gasteiger partial charge in [-0.15, -0.1) is 0 Å². The van der Waals surface area contributed by atoms with Crippen LogP contribution in [0.5, 0.6) is 0 Å². The molecule has 118 valence electrons. The second kappa shape index (κ2) is 7.34. The highest BCUT2D eigenvalue weighted by Gasteiger charge is 2.34. The van der Waals surface area contributed by atoms with Crippen LogP contribution in [0.2, 0.25) is 0 Å². The van der Waals surface area contributed by atoms with E-state index in [1.54, 1.807) is 0 Å². The van der Waals surface area contributed by atoms with Gasteiger partial charge in [0.1, 0.15) is 5.82 Å². The van der Waals surface area contributed by atoms with Crippen molar-refractivity contribution in [3.63, 3.8) is 0 Å². The third kappa shape index (κ3) is 3.82. The fourth-order valence-corrected chi connectivity index (χ4v) is 3.13. The summed E-state index contributed by atoms with van der Waals surface area (Å²) in [6, 6.07) is 7.30. The van der Waals surface area contributed by atoms with Gasteiger partial charge in [-0.2, -0.15) is 0 Å². The lowest BCUT2D eigenvalue weighted by molar-refractivity contribution is -0.0771. The van der Waals surface area contributed by atoms with Crippen LogP contribution in [-0.4, -0.2) is 36.2 Å². The molecule has 0 aromatic heterocycles. The van der Waals surface area contributed by atoms with Crippen molar-refractivity contribution in [3.8, 4) is 0 Å². The smallest absolute Gasteiger partial charge is 0.123 e. The predicted molar refractivity (Wildman–Crippen MR) is 83.6 cm³/mol. The Morgan fingerprint density at radius 3 is 2.57 bits per heavy atom. The molecule has 2 rings (SSSR count). The number of nitrogens with zero attached hydrogens (tertiary/aromatic N) is 1. The Labute approximate surface area is 127 Å². The topological polar surface area (TPSA) is 38.5 Å². The van der Waals surface area contributed by atoms with E-state index >= 15 is 0 Å². The number of benzene rings is 1. The zero-order valence-corrected chi connectivity index (χ0v) is 13.3. The van der Waals surface area contributed by atoms with Crippen molar-refractivity contribution >= 4 is 0 Å². The Bertz CT molecular complexity index is 437. The first kappa shape index (κ1) is 16.4. The van der Waals surface area contributed by atoms with Crippen LogP contribution in [0.3, 0.4) is 0 Å². The summed E-state index contributed by atoms with van der Waals surface area (Å²) in [6.07, 6.45) is 2.13. The molecule has 3 nitrogen and oxygen atoms in total. The van der Waals surface area contributed by atoms with Crippen LogP contribution >= 0.6 is 0 Å². The van der Waals surface area contributed by atoms with Crippen LogP contribution in [0.4, 0.5) is 4.39 Å². The minimum Gasteiger partial charge on any atom is -0.376 e. The summed E-state index contributed by atoms with van der Waals surface area (Å²) >= 11 is 0. The Hall–Kier alpha value is -0.970. The first-order valence-electron chi connectivity index (χ1n) is 7.95. The van der Waals surface area contributed by atoms with Crippen molar-refractivity contribution < 1.29 is 9.13 Å². The van der Waals surface area contributed by atoms with Crippen LogP contribution in [0, 0.1) is 5.82 Å². The Morgan fingerprint density at radius 1 is 1.33 bits per heavy atom. The van der Waals surface area contributed by atoms with Crippen molar-refractivity contribution in [2.45, 2.75) is 57.8 Å². The van der Waals surface area contributed by atoms with Gasteiger partial charge < -0.3 is 10.5 Å². The quantitative estimate of drug-likeness (QED) is 0.907. The van der Waals surface area contributed by atoms with Crippen molar-refractivity contribution in [1.29, 1.82) is 0 Å². The van der Waals surface area contributed by atoms with E-state index in [-0.39, 0.29) is 24.0 Å². The number of morpholine rings is 1. The Kier molecular flexibility index (Phi) is 5.73. The highest BCUT2D eigenvalue weighted by atomic mass is 19.1. The molecule has 0 aliphatic carbocycles. The molecule has 1 saturated heterocycles. The van der Waals surface area contributed by atoms with E-state index < -0.39 is 0 Å². The maximum atomic E-state index is 13.2. The molecule has 0 bridgehead atoms. The van der Waals surface area contributed by atoms with Gasteiger partial charge in [-0.25, -0.2) is 4.39 Å². The fraction of sp³-hybridized carbons (Fsp3) is 0.647. The maximum absolute atomic E-state index is 13.2.